The van der Waals surface area contributed by atoms with Crippen LogP contribution in [-0.4, -0.2) is 51.9 Å². The molecule has 0 saturated carbocycles. The first-order valence-corrected chi connectivity index (χ1v) is 9.45. The summed E-state index contributed by atoms with van der Waals surface area (Å²) in [5.74, 6) is 2.29. The van der Waals surface area contributed by atoms with Gasteiger partial charge in [0.2, 0.25) is 10.8 Å². The van der Waals surface area contributed by atoms with Crippen LogP contribution in [0, 0.1) is 6.92 Å². The molecule has 26 heavy (non-hydrogen) atoms. The lowest BCUT2D eigenvalue weighted by atomic mass is 10.0. The van der Waals surface area contributed by atoms with E-state index in [0.29, 0.717) is 10.8 Å². The van der Waals surface area contributed by atoms with Crippen LogP contribution in [0.4, 0.5) is 0 Å². The predicted molar refractivity (Wildman–Crippen MR) is 99.5 cm³/mol. The van der Waals surface area contributed by atoms with Crippen LogP contribution >= 0.6 is 11.3 Å². The van der Waals surface area contributed by atoms with Gasteiger partial charge < -0.3 is 14.6 Å². The molecule has 1 aromatic carbocycles. The van der Waals surface area contributed by atoms with Gasteiger partial charge >= 0.3 is 0 Å². The van der Waals surface area contributed by atoms with Crippen LogP contribution in [0.1, 0.15) is 35.1 Å². The lowest BCUT2D eigenvalue weighted by Crippen LogP contribution is -2.26. The molecule has 1 atom stereocenters. The van der Waals surface area contributed by atoms with Crippen molar-refractivity contribution in [3.8, 4) is 17.4 Å². The Bertz CT molecular complexity index is 930. The number of fused-ring (bicyclic) bond motifs is 1. The van der Waals surface area contributed by atoms with Crippen LogP contribution in [-0.2, 0) is 0 Å². The zero-order valence-electron chi connectivity index (χ0n) is 15.1. The molecule has 1 saturated heterocycles. The van der Waals surface area contributed by atoms with E-state index < -0.39 is 0 Å². The van der Waals surface area contributed by atoms with E-state index in [0.717, 1.165) is 47.9 Å². The first-order chi connectivity index (χ1) is 12.6. The van der Waals surface area contributed by atoms with Gasteiger partial charge in [0.05, 0.1) is 25.1 Å². The number of aromatic hydroxyl groups is 1. The summed E-state index contributed by atoms with van der Waals surface area (Å²) >= 11 is 1.47. The number of benzene rings is 1. The van der Waals surface area contributed by atoms with Crippen LogP contribution in [0.25, 0.3) is 4.96 Å². The second-order valence-electron chi connectivity index (χ2n) is 6.40. The smallest absolute Gasteiger partial charge is 0.230 e. The van der Waals surface area contributed by atoms with Gasteiger partial charge in [-0.3, -0.25) is 4.90 Å². The molecule has 1 fully saturated rings. The van der Waals surface area contributed by atoms with Crippen LogP contribution in [0.15, 0.2) is 18.2 Å². The molecule has 8 heteroatoms. The Hall–Kier alpha value is -2.32. The second-order valence-corrected chi connectivity index (χ2v) is 7.41. The molecular weight excluding hydrogens is 352 g/mol. The third-order valence-corrected chi connectivity index (χ3v) is 5.87. The van der Waals surface area contributed by atoms with Gasteiger partial charge in [0.15, 0.2) is 0 Å². The molecule has 0 amide bonds. The Morgan fingerprint density at radius 2 is 1.96 bits per heavy atom. The SMILES string of the molecule is COc1ccc([C@@H](c2sc3nc(C)nn3c2O)N2CCCC2)c(OC)c1. The van der Waals surface area contributed by atoms with Gasteiger partial charge in [0.1, 0.15) is 17.3 Å². The van der Waals surface area contributed by atoms with E-state index in [4.69, 9.17) is 9.47 Å². The largest absolute Gasteiger partial charge is 0.497 e. The molecule has 2 aromatic heterocycles. The minimum absolute atomic E-state index is 0.104. The van der Waals surface area contributed by atoms with E-state index >= 15 is 0 Å². The highest BCUT2D eigenvalue weighted by Gasteiger charge is 2.33. The lowest BCUT2D eigenvalue weighted by Gasteiger charge is -2.28. The molecule has 138 valence electrons. The van der Waals surface area contributed by atoms with Crippen molar-refractivity contribution in [3.63, 3.8) is 0 Å². The Balaban J connectivity index is 1.87. The third-order valence-electron chi connectivity index (χ3n) is 4.79. The number of hydrogen-bond acceptors (Lipinski definition) is 7. The van der Waals surface area contributed by atoms with Crippen LogP contribution in [0.2, 0.25) is 0 Å². The first-order valence-electron chi connectivity index (χ1n) is 8.63. The van der Waals surface area contributed by atoms with Crippen LogP contribution in [0.5, 0.6) is 17.4 Å². The summed E-state index contributed by atoms with van der Waals surface area (Å²) in [5, 5.41) is 15.1. The van der Waals surface area contributed by atoms with Crippen molar-refractivity contribution in [1.82, 2.24) is 19.5 Å². The number of rotatable bonds is 5. The molecule has 3 heterocycles. The Kier molecular flexibility index (Phi) is 4.46. The van der Waals surface area contributed by atoms with Crippen molar-refractivity contribution in [2.45, 2.75) is 25.8 Å². The summed E-state index contributed by atoms with van der Waals surface area (Å²) in [6, 6.07) is 5.73. The maximum absolute atomic E-state index is 10.8. The number of hydrogen-bond donors (Lipinski definition) is 1. The summed E-state index contributed by atoms with van der Waals surface area (Å²) in [5.41, 5.74) is 1.01. The average Bonchev–Trinajstić information content (AvgIpc) is 3.35. The molecule has 0 radical (unpaired) electrons. The number of thiazole rings is 1. The van der Waals surface area contributed by atoms with E-state index in [-0.39, 0.29) is 11.9 Å². The minimum Gasteiger partial charge on any atom is -0.497 e. The monoisotopic (exact) mass is 374 g/mol. The van der Waals surface area contributed by atoms with Gasteiger partial charge in [-0.2, -0.15) is 4.52 Å². The highest BCUT2D eigenvalue weighted by atomic mass is 32.1. The molecule has 1 aliphatic rings. The van der Waals surface area contributed by atoms with Gasteiger partial charge in [0.25, 0.3) is 0 Å². The fourth-order valence-electron chi connectivity index (χ4n) is 3.57. The molecule has 0 unspecified atom stereocenters. The summed E-state index contributed by atoms with van der Waals surface area (Å²) in [6.07, 6.45) is 2.30. The molecular formula is C18H22N4O3S. The van der Waals surface area contributed by atoms with E-state index in [2.05, 4.69) is 15.0 Å². The van der Waals surface area contributed by atoms with E-state index in [1.165, 1.54) is 15.9 Å². The molecule has 1 N–H and O–H groups in total. The molecule has 0 bridgehead atoms. The summed E-state index contributed by atoms with van der Waals surface area (Å²) in [4.78, 5) is 8.32. The Morgan fingerprint density at radius 3 is 2.62 bits per heavy atom. The first kappa shape index (κ1) is 17.1. The standard InChI is InChI=1S/C18H22N4O3S/c1-11-19-18-22(20-11)17(23)16(26-18)15(21-8-4-5-9-21)13-7-6-12(24-2)10-14(13)25-3/h6-7,10,15,23H,4-5,8-9H2,1-3H3/t15-/m0/s1. The van der Waals surface area contributed by atoms with Gasteiger partial charge in [-0.1, -0.05) is 11.3 Å². The summed E-state index contributed by atoms with van der Waals surface area (Å²) in [6.45, 7) is 3.78. The lowest BCUT2D eigenvalue weighted by molar-refractivity contribution is 0.269. The number of nitrogens with zero attached hydrogens (tertiary/aromatic N) is 4. The third kappa shape index (κ3) is 2.79. The van der Waals surface area contributed by atoms with E-state index in [1.54, 1.807) is 14.2 Å². The summed E-state index contributed by atoms with van der Waals surface area (Å²) in [7, 11) is 3.30. The highest BCUT2D eigenvalue weighted by molar-refractivity contribution is 7.17. The minimum atomic E-state index is -0.104. The van der Waals surface area contributed by atoms with Gasteiger partial charge in [-0.15, -0.1) is 5.10 Å². The molecule has 3 aromatic rings. The fraction of sp³-hybridized carbons (Fsp3) is 0.444. The van der Waals surface area contributed by atoms with Gasteiger partial charge in [0, 0.05) is 11.6 Å². The van der Waals surface area contributed by atoms with E-state index in [1.807, 2.05) is 25.1 Å². The summed E-state index contributed by atoms with van der Waals surface area (Å²) < 4.78 is 12.5. The van der Waals surface area contributed by atoms with Crippen molar-refractivity contribution >= 4 is 16.3 Å². The Morgan fingerprint density at radius 1 is 1.19 bits per heavy atom. The maximum Gasteiger partial charge on any atom is 0.230 e. The van der Waals surface area contributed by atoms with Crippen molar-refractivity contribution in [3.05, 3.63) is 34.5 Å². The second kappa shape index (κ2) is 6.77. The number of likely N-dealkylation sites (tertiary alicyclic amines) is 1. The fourth-order valence-corrected chi connectivity index (χ4v) is 4.73. The van der Waals surface area contributed by atoms with Crippen LogP contribution < -0.4 is 9.47 Å². The zero-order valence-corrected chi connectivity index (χ0v) is 15.9. The average molecular weight is 374 g/mol. The highest BCUT2D eigenvalue weighted by Crippen LogP contribution is 2.44. The normalized spacial score (nSPS) is 16.3. The molecule has 7 nitrogen and oxygen atoms in total. The molecule has 0 aliphatic carbocycles. The van der Waals surface area contributed by atoms with E-state index in [9.17, 15) is 5.11 Å². The molecule has 4 rings (SSSR count). The van der Waals surface area contributed by atoms with Crippen molar-refractivity contribution in [2.24, 2.45) is 0 Å². The Labute approximate surface area is 155 Å². The quantitative estimate of drug-likeness (QED) is 0.740. The van der Waals surface area contributed by atoms with Crippen molar-refractivity contribution in [1.29, 1.82) is 0 Å². The predicted octanol–water partition coefficient (Wildman–Crippen LogP) is 3.01. The topological polar surface area (TPSA) is 72.1 Å². The van der Waals surface area contributed by atoms with Crippen LogP contribution in [0.3, 0.4) is 0 Å². The van der Waals surface area contributed by atoms with Crippen molar-refractivity contribution < 1.29 is 14.6 Å². The van der Waals surface area contributed by atoms with Gasteiger partial charge in [-0.05, 0) is 45.0 Å². The number of ether oxygens (including phenoxy) is 2. The number of aryl methyl sites for hydroxylation is 1. The molecule has 1 aliphatic heterocycles. The zero-order chi connectivity index (χ0) is 18.3. The number of aromatic nitrogens is 3. The molecule has 0 spiro atoms. The van der Waals surface area contributed by atoms with Gasteiger partial charge in [-0.25, -0.2) is 4.98 Å². The number of methoxy groups -OCH3 is 2. The van der Waals surface area contributed by atoms with Crippen molar-refractivity contribution in [2.75, 3.05) is 27.3 Å². The maximum atomic E-state index is 10.8.